The second-order valence-electron chi connectivity index (χ2n) is 6.61. The van der Waals surface area contributed by atoms with Gasteiger partial charge in [0.15, 0.2) is 5.96 Å². The third-order valence-electron chi connectivity index (χ3n) is 4.57. The molecule has 2 aliphatic carbocycles. The van der Waals surface area contributed by atoms with Gasteiger partial charge in [0.05, 0.1) is 6.61 Å². The molecule has 5 nitrogen and oxygen atoms in total. The van der Waals surface area contributed by atoms with Gasteiger partial charge in [0, 0.05) is 45.9 Å². The van der Waals surface area contributed by atoms with Crippen molar-refractivity contribution in [3.63, 3.8) is 0 Å². The van der Waals surface area contributed by atoms with Crippen molar-refractivity contribution in [2.75, 3.05) is 47.4 Å². The molecule has 0 heterocycles. The maximum absolute atomic E-state index is 5.69. The van der Waals surface area contributed by atoms with E-state index < -0.39 is 0 Å². The first-order valence-corrected chi connectivity index (χ1v) is 8.33. The second kappa shape index (κ2) is 7.99. The smallest absolute Gasteiger partial charge is 0.193 e. The predicted molar refractivity (Wildman–Crippen MR) is 87.8 cm³/mol. The van der Waals surface area contributed by atoms with Crippen LogP contribution in [0.25, 0.3) is 0 Å². The molecule has 21 heavy (non-hydrogen) atoms. The largest absolute Gasteiger partial charge is 0.379 e. The number of rotatable bonds is 9. The van der Waals surface area contributed by atoms with Crippen molar-refractivity contribution >= 4 is 5.96 Å². The van der Waals surface area contributed by atoms with Crippen LogP contribution in [0.1, 0.15) is 32.6 Å². The fourth-order valence-corrected chi connectivity index (χ4v) is 2.45. The summed E-state index contributed by atoms with van der Waals surface area (Å²) < 4.78 is 5.69. The van der Waals surface area contributed by atoms with Crippen LogP contribution in [0.3, 0.4) is 0 Å². The number of aliphatic imine (C=N–C) groups is 1. The summed E-state index contributed by atoms with van der Waals surface area (Å²) in [5, 5.41) is 3.47. The molecule has 1 unspecified atom stereocenters. The van der Waals surface area contributed by atoms with Crippen LogP contribution in [-0.4, -0.2) is 75.3 Å². The molecule has 0 bridgehead atoms. The van der Waals surface area contributed by atoms with E-state index in [-0.39, 0.29) is 0 Å². The van der Waals surface area contributed by atoms with Crippen LogP contribution in [0.5, 0.6) is 0 Å². The van der Waals surface area contributed by atoms with Crippen molar-refractivity contribution < 1.29 is 4.74 Å². The van der Waals surface area contributed by atoms with Crippen LogP contribution in [0.4, 0.5) is 0 Å². The van der Waals surface area contributed by atoms with E-state index in [0.29, 0.717) is 6.04 Å². The minimum absolute atomic E-state index is 0.536. The zero-order chi connectivity index (χ0) is 15.2. The van der Waals surface area contributed by atoms with Crippen molar-refractivity contribution in [2.24, 2.45) is 10.9 Å². The minimum Gasteiger partial charge on any atom is -0.379 e. The van der Waals surface area contributed by atoms with Gasteiger partial charge in [-0.3, -0.25) is 9.89 Å². The van der Waals surface area contributed by atoms with Crippen LogP contribution < -0.4 is 5.32 Å². The van der Waals surface area contributed by atoms with Crippen LogP contribution in [-0.2, 0) is 4.74 Å². The first-order chi connectivity index (χ1) is 10.1. The number of nitrogens with one attached hydrogen (secondary N) is 1. The number of hydrogen-bond donors (Lipinski definition) is 1. The molecule has 122 valence electrons. The Morgan fingerprint density at radius 1 is 1.29 bits per heavy atom. The molecule has 0 radical (unpaired) electrons. The Labute approximate surface area is 129 Å². The number of guanidine groups is 1. The van der Waals surface area contributed by atoms with Gasteiger partial charge >= 0.3 is 0 Å². The van der Waals surface area contributed by atoms with Gasteiger partial charge in [-0.15, -0.1) is 0 Å². The summed E-state index contributed by atoms with van der Waals surface area (Å²) in [7, 11) is 6.15. The topological polar surface area (TPSA) is 40.1 Å². The molecule has 0 spiro atoms. The first kappa shape index (κ1) is 16.6. The van der Waals surface area contributed by atoms with Crippen molar-refractivity contribution in [3.8, 4) is 0 Å². The van der Waals surface area contributed by atoms with E-state index in [1.807, 2.05) is 7.05 Å². The molecule has 2 rings (SSSR count). The summed E-state index contributed by atoms with van der Waals surface area (Å²) in [4.78, 5) is 8.98. The van der Waals surface area contributed by atoms with Gasteiger partial charge in [0.25, 0.3) is 0 Å². The van der Waals surface area contributed by atoms with E-state index in [2.05, 4.69) is 41.1 Å². The average molecular weight is 296 g/mol. The first-order valence-electron chi connectivity index (χ1n) is 8.33. The van der Waals surface area contributed by atoms with Crippen molar-refractivity contribution in [2.45, 2.75) is 44.7 Å². The second-order valence-corrected chi connectivity index (χ2v) is 6.61. The molecular formula is C16H32N4O. The molecule has 0 aromatic rings. The number of nitrogens with zero attached hydrogens (tertiary/aromatic N) is 3. The van der Waals surface area contributed by atoms with Gasteiger partial charge in [0.2, 0.25) is 0 Å². The van der Waals surface area contributed by atoms with E-state index in [0.717, 1.165) is 44.2 Å². The SMILES string of the molecule is CN=C(NCC(C)N(C)C1CC1)N(C)CCOCC1CC1. The predicted octanol–water partition coefficient (Wildman–Crippen LogP) is 1.40. The van der Waals surface area contributed by atoms with Crippen LogP contribution >= 0.6 is 0 Å². The molecule has 2 fully saturated rings. The van der Waals surface area contributed by atoms with E-state index in [1.165, 1.54) is 25.7 Å². The Kier molecular flexibility index (Phi) is 6.30. The maximum atomic E-state index is 5.69. The average Bonchev–Trinajstić information content (AvgIpc) is 3.36. The Morgan fingerprint density at radius 2 is 2.00 bits per heavy atom. The molecule has 0 aliphatic heterocycles. The molecule has 0 saturated heterocycles. The number of ether oxygens (including phenoxy) is 1. The summed E-state index contributed by atoms with van der Waals surface area (Å²) in [5.74, 6) is 1.80. The van der Waals surface area contributed by atoms with E-state index >= 15 is 0 Å². The van der Waals surface area contributed by atoms with Crippen LogP contribution in [0, 0.1) is 5.92 Å². The quantitative estimate of drug-likeness (QED) is 0.397. The van der Waals surface area contributed by atoms with Crippen LogP contribution in [0.15, 0.2) is 4.99 Å². The van der Waals surface area contributed by atoms with Crippen LogP contribution in [0.2, 0.25) is 0 Å². The minimum atomic E-state index is 0.536. The highest BCUT2D eigenvalue weighted by atomic mass is 16.5. The Morgan fingerprint density at radius 3 is 2.57 bits per heavy atom. The lowest BCUT2D eigenvalue weighted by Gasteiger charge is -2.28. The lowest BCUT2D eigenvalue weighted by atomic mass is 10.3. The lowest BCUT2D eigenvalue weighted by Crippen LogP contribution is -2.46. The Hall–Kier alpha value is -0.810. The molecule has 0 amide bonds. The monoisotopic (exact) mass is 296 g/mol. The van der Waals surface area contributed by atoms with E-state index in [9.17, 15) is 0 Å². The summed E-state index contributed by atoms with van der Waals surface area (Å²) in [6, 6.07) is 1.34. The van der Waals surface area contributed by atoms with Crippen molar-refractivity contribution in [1.82, 2.24) is 15.1 Å². The Balaban J connectivity index is 1.60. The molecule has 2 aliphatic rings. The lowest BCUT2D eigenvalue weighted by molar-refractivity contribution is 0.115. The van der Waals surface area contributed by atoms with Gasteiger partial charge in [-0.1, -0.05) is 0 Å². The fraction of sp³-hybridized carbons (Fsp3) is 0.938. The van der Waals surface area contributed by atoms with E-state index in [4.69, 9.17) is 4.74 Å². The van der Waals surface area contributed by atoms with Gasteiger partial charge in [0.1, 0.15) is 0 Å². The normalized spacial score (nSPS) is 20.7. The number of hydrogen-bond acceptors (Lipinski definition) is 3. The Bertz CT molecular complexity index is 339. The maximum Gasteiger partial charge on any atom is 0.193 e. The van der Waals surface area contributed by atoms with E-state index in [1.54, 1.807) is 0 Å². The zero-order valence-corrected chi connectivity index (χ0v) is 14.1. The molecular weight excluding hydrogens is 264 g/mol. The van der Waals surface area contributed by atoms with Gasteiger partial charge in [-0.05, 0) is 45.6 Å². The fourth-order valence-electron chi connectivity index (χ4n) is 2.45. The molecule has 0 aromatic heterocycles. The van der Waals surface area contributed by atoms with Crippen molar-refractivity contribution in [1.29, 1.82) is 0 Å². The van der Waals surface area contributed by atoms with Gasteiger partial charge in [-0.2, -0.15) is 0 Å². The third kappa shape index (κ3) is 5.83. The van der Waals surface area contributed by atoms with Crippen molar-refractivity contribution in [3.05, 3.63) is 0 Å². The number of likely N-dealkylation sites (N-methyl/N-ethyl adjacent to an activating group) is 2. The standard InChI is InChI=1S/C16H32N4O/c1-13(20(4)15-7-8-15)11-18-16(17-2)19(3)9-10-21-12-14-5-6-14/h13-15H,5-12H2,1-4H3,(H,17,18). The van der Waals surface area contributed by atoms with Gasteiger partial charge in [-0.25, -0.2) is 0 Å². The highest BCUT2D eigenvalue weighted by Gasteiger charge is 2.29. The summed E-state index contributed by atoms with van der Waals surface area (Å²) in [6.07, 6.45) is 5.42. The molecule has 5 heteroatoms. The third-order valence-corrected chi connectivity index (χ3v) is 4.57. The highest BCUT2D eigenvalue weighted by molar-refractivity contribution is 5.79. The molecule has 1 atom stereocenters. The highest BCUT2D eigenvalue weighted by Crippen LogP contribution is 2.28. The molecule has 1 N–H and O–H groups in total. The molecule has 0 aromatic carbocycles. The molecule has 2 saturated carbocycles. The van der Waals surface area contributed by atoms with Gasteiger partial charge < -0.3 is 15.0 Å². The summed E-state index contributed by atoms with van der Waals surface area (Å²) >= 11 is 0. The zero-order valence-electron chi connectivity index (χ0n) is 14.1. The summed E-state index contributed by atoms with van der Waals surface area (Å²) in [6.45, 7) is 5.82. The summed E-state index contributed by atoms with van der Waals surface area (Å²) in [5.41, 5.74) is 0.